The molecule has 0 saturated carbocycles. The first kappa shape index (κ1) is 20.3. The van der Waals surface area contributed by atoms with Gasteiger partial charge in [0.2, 0.25) is 0 Å². The van der Waals surface area contributed by atoms with Gasteiger partial charge in [0.15, 0.2) is 5.96 Å². The SMILES string of the molecule is CCNC(=NCc1ccc(C)cc1)NCCCNC(=O)c1cccc(O)c1. The number of phenols is 1. The third-order valence-corrected chi connectivity index (χ3v) is 3.92. The van der Waals surface area contributed by atoms with Gasteiger partial charge in [0.05, 0.1) is 6.54 Å². The number of carbonyl (C=O) groups is 1. The summed E-state index contributed by atoms with van der Waals surface area (Å²) in [4.78, 5) is 16.6. The lowest BCUT2D eigenvalue weighted by atomic mass is 10.1. The molecule has 0 saturated heterocycles. The molecule has 0 unspecified atom stereocenters. The molecule has 4 N–H and O–H groups in total. The first-order valence-corrected chi connectivity index (χ1v) is 9.23. The van der Waals surface area contributed by atoms with Crippen molar-refractivity contribution in [3.05, 3.63) is 65.2 Å². The van der Waals surface area contributed by atoms with Crippen LogP contribution in [0.3, 0.4) is 0 Å². The van der Waals surface area contributed by atoms with Gasteiger partial charge in [-0.1, -0.05) is 35.9 Å². The van der Waals surface area contributed by atoms with Gasteiger partial charge in [-0.2, -0.15) is 0 Å². The van der Waals surface area contributed by atoms with Crippen LogP contribution in [-0.4, -0.2) is 36.6 Å². The molecule has 0 heterocycles. The Balaban J connectivity index is 1.73. The number of nitrogens with one attached hydrogen (secondary N) is 3. The van der Waals surface area contributed by atoms with Crippen molar-refractivity contribution >= 4 is 11.9 Å². The van der Waals surface area contributed by atoms with Gasteiger partial charge >= 0.3 is 0 Å². The highest BCUT2D eigenvalue weighted by atomic mass is 16.3. The van der Waals surface area contributed by atoms with Crippen LogP contribution in [0.2, 0.25) is 0 Å². The smallest absolute Gasteiger partial charge is 0.251 e. The van der Waals surface area contributed by atoms with Crippen molar-refractivity contribution in [2.24, 2.45) is 4.99 Å². The van der Waals surface area contributed by atoms with Crippen LogP contribution in [0.1, 0.15) is 34.8 Å². The van der Waals surface area contributed by atoms with Crippen LogP contribution in [0.15, 0.2) is 53.5 Å². The maximum atomic E-state index is 12.0. The van der Waals surface area contributed by atoms with E-state index in [1.807, 2.05) is 6.92 Å². The number of benzene rings is 2. The van der Waals surface area contributed by atoms with Crippen molar-refractivity contribution in [3.8, 4) is 5.75 Å². The lowest BCUT2D eigenvalue weighted by Crippen LogP contribution is -2.38. The van der Waals surface area contributed by atoms with E-state index in [0.29, 0.717) is 25.2 Å². The average molecular weight is 368 g/mol. The Bertz CT molecular complexity index is 757. The lowest BCUT2D eigenvalue weighted by Gasteiger charge is -2.12. The first-order valence-electron chi connectivity index (χ1n) is 9.23. The molecule has 0 fully saturated rings. The standard InChI is InChI=1S/C21H28N4O2/c1-3-22-21(25-15-17-10-8-16(2)9-11-17)24-13-5-12-23-20(27)18-6-4-7-19(26)14-18/h4,6-11,14,26H,3,5,12-13,15H2,1-2H3,(H,23,27)(H2,22,24,25). The summed E-state index contributed by atoms with van der Waals surface area (Å²) < 4.78 is 0. The van der Waals surface area contributed by atoms with Gasteiger partial charge in [0.1, 0.15) is 5.75 Å². The molecule has 2 rings (SSSR count). The van der Waals surface area contributed by atoms with Crippen LogP contribution in [0, 0.1) is 6.92 Å². The number of aromatic hydroxyl groups is 1. The topological polar surface area (TPSA) is 85.8 Å². The third kappa shape index (κ3) is 7.40. The first-order chi connectivity index (χ1) is 13.1. The largest absolute Gasteiger partial charge is 0.508 e. The molecule has 6 heteroatoms. The molecule has 0 atom stereocenters. The minimum Gasteiger partial charge on any atom is -0.508 e. The summed E-state index contributed by atoms with van der Waals surface area (Å²) in [6.45, 7) is 6.73. The van der Waals surface area contributed by atoms with Crippen molar-refractivity contribution in [1.82, 2.24) is 16.0 Å². The highest BCUT2D eigenvalue weighted by Gasteiger charge is 2.05. The molecule has 0 radical (unpaired) electrons. The Morgan fingerprint density at radius 3 is 2.48 bits per heavy atom. The predicted molar refractivity (Wildman–Crippen MR) is 109 cm³/mol. The van der Waals surface area contributed by atoms with Crippen molar-refractivity contribution < 1.29 is 9.90 Å². The number of aryl methyl sites for hydroxylation is 1. The van der Waals surface area contributed by atoms with Crippen LogP contribution in [0.5, 0.6) is 5.75 Å². The molecule has 144 valence electrons. The molecule has 0 bridgehead atoms. The zero-order valence-electron chi connectivity index (χ0n) is 16.0. The summed E-state index contributed by atoms with van der Waals surface area (Å²) in [5.74, 6) is 0.660. The summed E-state index contributed by atoms with van der Waals surface area (Å²) in [7, 11) is 0. The number of nitrogens with zero attached hydrogens (tertiary/aromatic N) is 1. The van der Waals surface area contributed by atoms with Gasteiger partial charge in [-0.15, -0.1) is 0 Å². The van der Waals surface area contributed by atoms with Crippen LogP contribution in [0.4, 0.5) is 0 Å². The van der Waals surface area contributed by atoms with E-state index >= 15 is 0 Å². The molecule has 2 aromatic carbocycles. The Labute approximate surface area is 160 Å². The highest BCUT2D eigenvalue weighted by molar-refractivity contribution is 5.94. The number of phenolic OH excluding ortho intramolecular Hbond substituents is 1. The van der Waals surface area contributed by atoms with Gasteiger partial charge in [0, 0.05) is 25.2 Å². The van der Waals surface area contributed by atoms with E-state index in [1.54, 1.807) is 18.2 Å². The number of rotatable bonds is 8. The maximum absolute atomic E-state index is 12.0. The third-order valence-electron chi connectivity index (χ3n) is 3.92. The Kier molecular flexibility index (Phi) is 8.16. The molecule has 0 aliphatic carbocycles. The van der Waals surface area contributed by atoms with E-state index in [9.17, 15) is 9.90 Å². The monoisotopic (exact) mass is 368 g/mol. The number of guanidine groups is 1. The number of hydrogen-bond donors (Lipinski definition) is 4. The Morgan fingerprint density at radius 2 is 1.78 bits per heavy atom. The zero-order valence-corrected chi connectivity index (χ0v) is 16.0. The Hall–Kier alpha value is -3.02. The molecule has 6 nitrogen and oxygen atoms in total. The second-order valence-corrected chi connectivity index (χ2v) is 6.27. The summed E-state index contributed by atoms with van der Waals surface area (Å²) >= 11 is 0. The lowest BCUT2D eigenvalue weighted by molar-refractivity contribution is 0.0953. The molecule has 0 aliphatic rings. The minimum absolute atomic E-state index is 0.0874. The van der Waals surface area contributed by atoms with Crippen LogP contribution < -0.4 is 16.0 Å². The maximum Gasteiger partial charge on any atom is 0.251 e. The van der Waals surface area contributed by atoms with Crippen molar-refractivity contribution in [2.75, 3.05) is 19.6 Å². The molecule has 0 aliphatic heterocycles. The fourth-order valence-corrected chi connectivity index (χ4v) is 2.45. The van der Waals surface area contributed by atoms with E-state index in [4.69, 9.17) is 0 Å². The number of carbonyl (C=O) groups excluding carboxylic acids is 1. The number of hydrogen-bond acceptors (Lipinski definition) is 3. The second-order valence-electron chi connectivity index (χ2n) is 6.27. The van der Waals surface area contributed by atoms with Crippen molar-refractivity contribution in [1.29, 1.82) is 0 Å². The van der Waals surface area contributed by atoms with Crippen LogP contribution >= 0.6 is 0 Å². The van der Waals surface area contributed by atoms with E-state index in [-0.39, 0.29) is 11.7 Å². The predicted octanol–water partition coefficient (Wildman–Crippen LogP) is 2.58. The molecule has 2 aromatic rings. The summed E-state index contributed by atoms with van der Waals surface area (Å²) in [6, 6.07) is 14.7. The fraction of sp³-hybridized carbons (Fsp3) is 0.333. The fourth-order valence-electron chi connectivity index (χ4n) is 2.45. The molecule has 1 amide bonds. The minimum atomic E-state index is -0.189. The zero-order chi connectivity index (χ0) is 19.5. The summed E-state index contributed by atoms with van der Waals surface area (Å²) in [6.07, 6.45) is 0.763. The highest BCUT2D eigenvalue weighted by Crippen LogP contribution is 2.10. The normalized spacial score (nSPS) is 11.1. The number of aliphatic imine (C=N–C) groups is 1. The van der Waals surface area contributed by atoms with Crippen LogP contribution in [0.25, 0.3) is 0 Å². The van der Waals surface area contributed by atoms with E-state index in [1.165, 1.54) is 11.6 Å². The van der Waals surface area contributed by atoms with Gasteiger partial charge < -0.3 is 21.1 Å². The quantitative estimate of drug-likeness (QED) is 0.328. The molecule has 0 spiro atoms. The molecular weight excluding hydrogens is 340 g/mol. The van der Waals surface area contributed by atoms with Crippen molar-refractivity contribution in [2.45, 2.75) is 26.8 Å². The van der Waals surface area contributed by atoms with Gasteiger partial charge in [-0.25, -0.2) is 4.99 Å². The molecular formula is C21H28N4O2. The molecule has 27 heavy (non-hydrogen) atoms. The summed E-state index contributed by atoms with van der Waals surface area (Å²) in [5, 5.41) is 18.8. The Morgan fingerprint density at radius 1 is 1.04 bits per heavy atom. The van der Waals surface area contributed by atoms with E-state index < -0.39 is 0 Å². The summed E-state index contributed by atoms with van der Waals surface area (Å²) in [5.41, 5.74) is 2.85. The van der Waals surface area contributed by atoms with Crippen LogP contribution in [-0.2, 0) is 6.54 Å². The van der Waals surface area contributed by atoms with Crippen molar-refractivity contribution in [3.63, 3.8) is 0 Å². The average Bonchev–Trinajstić information content (AvgIpc) is 2.66. The number of amides is 1. The second kappa shape index (κ2) is 10.9. The molecule has 0 aromatic heterocycles. The van der Waals surface area contributed by atoms with Gasteiger partial charge in [-0.3, -0.25) is 4.79 Å². The van der Waals surface area contributed by atoms with Gasteiger partial charge in [-0.05, 0) is 44.0 Å². The van der Waals surface area contributed by atoms with Gasteiger partial charge in [0.25, 0.3) is 5.91 Å². The van der Waals surface area contributed by atoms with E-state index in [2.05, 4.69) is 52.1 Å². The van der Waals surface area contributed by atoms with E-state index in [0.717, 1.165) is 24.5 Å².